The highest BCUT2D eigenvalue weighted by molar-refractivity contribution is 6.80. The molecule has 0 aliphatic heterocycles. The van der Waals surface area contributed by atoms with Gasteiger partial charge in [-0.05, 0) is 54.2 Å². The van der Waals surface area contributed by atoms with Crippen molar-refractivity contribution in [2.45, 2.75) is 13.2 Å². The minimum absolute atomic E-state index is 0.0981. The molecule has 1 atom stereocenters. The van der Waals surface area contributed by atoms with E-state index in [0.717, 1.165) is 0 Å². The van der Waals surface area contributed by atoms with Crippen LogP contribution in [0.15, 0.2) is 36.4 Å². The molecule has 0 spiro atoms. The fourth-order valence-electron chi connectivity index (χ4n) is 1.96. The highest BCUT2D eigenvalue weighted by atomic mass is 35.5. The molecule has 110 valence electrons. The lowest BCUT2D eigenvalue weighted by atomic mass is 9.55. The molecule has 2 aromatic carbocycles. The van der Waals surface area contributed by atoms with Crippen LogP contribution in [0.2, 0.25) is 10.0 Å². The van der Waals surface area contributed by atoms with E-state index in [4.69, 9.17) is 33.6 Å². The molecular formula is C14H12BCl2F2NO. The van der Waals surface area contributed by atoms with Gasteiger partial charge in [0.05, 0.1) is 6.23 Å². The topological polar surface area (TPSA) is 35.2 Å². The molecule has 2 N–H and O–H groups in total. The summed E-state index contributed by atoms with van der Waals surface area (Å²) in [5.74, 6) is -1.13. The maximum Gasteiger partial charge on any atom is 0.368 e. The van der Waals surface area contributed by atoms with Crippen molar-refractivity contribution in [3.63, 3.8) is 0 Å². The van der Waals surface area contributed by atoms with Crippen molar-refractivity contribution in [3.8, 4) is 0 Å². The fourth-order valence-corrected chi connectivity index (χ4v) is 2.32. The van der Waals surface area contributed by atoms with E-state index in [1.165, 1.54) is 36.4 Å². The maximum atomic E-state index is 14.1. The molecule has 0 aliphatic carbocycles. The van der Waals surface area contributed by atoms with Crippen LogP contribution in [-0.4, -0.2) is 13.1 Å². The Morgan fingerprint density at radius 1 is 1.00 bits per heavy atom. The minimum atomic E-state index is -1.04. The Bertz CT molecular complexity index is 603. The Morgan fingerprint density at radius 3 is 1.81 bits per heavy atom. The Labute approximate surface area is 131 Å². The third-order valence-electron chi connectivity index (χ3n) is 2.83. The van der Waals surface area contributed by atoms with Crippen LogP contribution < -0.4 is 16.7 Å². The van der Waals surface area contributed by atoms with E-state index in [1.54, 1.807) is 6.92 Å². The quantitative estimate of drug-likeness (QED) is 0.691. The lowest BCUT2D eigenvalue weighted by Crippen LogP contribution is -2.51. The van der Waals surface area contributed by atoms with E-state index < -0.39 is 24.8 Å². The van der Waals surface area contributed by atoms with Gasteiger partial charge in [0.25, 0.3) is 0 Å². The highest BCUT2D eigenvalue weighted by Crippen LogP contribution is 2.12. The first-order chi connectivity index (χ1) is 9.88. The van der Waals surface area contributed by atoms with Crippen molar-refractivity contribution in [2.75, 3.05) is 0 Å². The molecule has 2 rings (SSSR count). The molecule has 0 amide bonds. The van der Waals surface area contributed by atoms with E-state index in [0.29, 0.717) is 10.0 Å². The number of benzene rings is 2. The Hall–Kier alpha value is -1.14. The third-order valence-corrected chi connectivity index (χ3v) is 3.30. The molecule has 0 fully saturated rings. The van der Waals surface area contributed by atoms with Crippen molar-refractivity contribution >= 4 is 41.0 Å². The summed E-state index contributed by atoms with van der Waals surface area (Å²) in [5.41, 5.74) is 5.81. The van der Waals surface area contributed by atoms with Crippen LogP contribution >= 0.6 is 23.2 Å². The van der Waals surface area contributed by atoms with Gasteiger partial charge in [-0.25, -0.2) is 8.78 Å². The molecule has 0 bridgehead atoms. The summed E-state index contributed by atoms with van der Waals surface area (Å²) in [6.45, 7) is 0.528. The second-order valence-corrected chi connectivity index (χ2v) is 5.43. The molecule has 2 nitrogen and oxygen atoms in total. The van der Waals surface area contributed by atoms with Gasteiger partial charge < -0.3 is 10.4 Å². The fraction of sp³-hybridized carbons (Fsp3) is 0.143. The zero-order valence-electron chi connectivity index (χ0n) is 11.1. The minimum Gasteiger partial charge on any atom is -0.412 e. The van der Waals surface area contributed by atoms with Crippen LogP contribution in [-0.2, 0) is 4.65 Å². The first-order valence-electron chi connectivity index (χ1n) is 6.19. The zero-order chi connectivity index (χ0) is 15.6. The summed E-state index contributed by atoms with van der Waals surface area (Å²) < 4.78 is 33.6. The molecule has 7 heteroatoms. The summed E-state index contributed by atoms with van der Waals surface area (Å²) in [6, 6.07) is 7.94. The molecule has 0 saturated heterocycles. The number of halogens is 4. The van der Waals surface area contributed by atoms with Crippen molar-refractivity contribution in [3.05, 3.63) is 58.1 Å². The second-order valence-electron chi connectivity index (χ2n) is 4.55. The molecular weight excluding hydrogens is 318 g/mol. The summed E-state index contributed by atoms with van der Waals surface area (Å²) in [6.07, 6.45) is -0.730. The molecule has 0 aromatic heterocycles. The van der Waals surface area contributed by atoms with Crippen LogP contribution in [0.25, 0.3) is 0 Å². The summed E-state index contributed by atoms with van der Waals surface area (Å²) in [7, 11) is 0. The van der Waals surface area contributed by atoms with E-state index in [-0.39, 0.29) is 10.9 Å². The first-order valence-corrected chi connectivity index (χ1v) is 6.95. The average Bonchev–Trinajstić information content (AvgIpc) is 2.42. The first kappa shape index (κ1) is 16.2. The zero-order valence-corrected chi connectivity index (χ0v) is 12.6. The number of hydrogen-bond donors (Lipinski definition) is 1. The van der Waals surface area contributed by atoms with Gasteiger partial charge in [0.15, 0.2) is 0 Å². The van der Waals surface area contributed by atoms with Gasteiger partial charge >= 0.3 is 6.92 Å². The van der Waals surface area contributed by atoms with Crippen molar-refractivity contribution in [2.24, 2.45) is 5.73 Å². The summed E-state index contributed by atoms with van der Waals surface area (Å²) in [5, 5.41) is 0.624. The van der Waals surface area contributed by atoms with E-state index >= 15 is 0 Å². The molecule has 0 aliphatic rings. The Kier molecular flexibility index (Phi) is 5.22. The SMILES string of the molecule is CC(N)OB(c1cc(Cl)ccc1F)c1cc(Cl)ccc1F. The van der Waals surface area contributed by atoms with E-state index in [1.807, 2.05) is 0 Å². The molecule has 0 heterocycles. The molecule has 0 saturated carbocycles. The summed E-state index contributed by atoms with van der Waals surface area (Å²) >= 11 is 11.8. The van der Waals surface area contributed by atoms with Gasteiger partial charge in [-0.3, -0.25) is 0 Å². The molecule has 2 aromatic rings. The van der Waals surface area contributed by atoms with Gasteiger partial charge in [0, 0.05) is 10.0 Å². The number of rotatable bonds is 4. The third kappa shape index (κ3) is 3.95. The molecule has 21 heavy (non-hydrogen) atoms. The lowest BCUT2D eigenvalue weighted by Gasteiger charge is -2.19. The predicted molar refractivity (Wildman–Crippen MR) is 82.6 cm³/mol. The van der Waals surface area contributed by atoms with Crippen molar-refractivity contribution in [1.29, 1.82) is 0 Å². The standard InChI is InChI=1S/C14H12BCl2F2NO/c1-8(20)21-15(11-6-9(16)2-4-13(11)18)12-7-10(17)3-5-14(12)19/h2-8H,20H2,1H3. The van der Waals surface area contributed by atoms with Gasteiger partial charge in [-0.15, -0.1) is 0 Å². The highest BCUT2D eigenvalue weighted by Gasteiger charge is 2.29. The summed E-state index contributed by atoms with van der Waals surface area (Å²) in [4.78, 5) is 0. The normalized spacial score (nSPS) is 12.3. The monoisotopic (exact) mass is 329 g/mol. The van der Waals surface area contributed by atoms with Gasteiger partial charge in [-0.2, -0.15) is 0 Å². The average molecular weight is 330 g/mol. The van der Waals surface area contributed by atoms with Gasteiger partial charge in [0.2, 0.25) is 0 Å². The Morgan fingerprint density at radius 2 is 1.43 bits per heavy atom. The molecule has 1 unspecified atom stereocenters. The lowest BCUT2D eigenvalue weighted by molar-refractivity contribution is 0.239. The molecule has 0 radical (unpaired) electrons. The van der Waals surface area contributed by atoms with Crippen LogP contribution in [0.1, 0.15) is 6.92 Å². The van der Waals surface area contributed by atoms with Crippen LogP contribution in [0.5, 0.6) is 0 Å². The van der Waals surface area contributed by atoms with E-state index in [2.05, 4.69) is 0 Å². The maximum absolute atomic E-state index is 14.1. The van der Waals surface area contributed by atoms with Crippen LogP contribution in [0.3, 0.4) is 0 Å². The smallest absolute Gasteiger partial charge is 0.368 e. The van der Waals surface area contributed by atoms with Crippen LogP contribution in [0.4, 0.5) is 8.78 Å². The van der Waals surface area contributed by atoms with E-state index in [9.17, 15) is 8.78 Å². The van der Waals surface area contributed by atoms with Crippen molar-refractivity contribution < 1.29 is 13.4 Å². The second kappa shape index (κ2) is 6.75. The number of hydrogen-bond acceptors (Lipinski definition) is 2. The predicted octanol–water partition coefficient (Wildman–Crippen LogP) is 2.70. The number of nitrogens with two attached hydrogens (primary N) is 1. The largest absolute Gasteiger partial charge is 0.412 e. The Balaban J connectivity index is 2.57. The van der Waals surface area contributed by atoms with Gasteiger partial charge in [0.1, 0.15) is 11.6 Å². The van der Waals surface area contributed by atoms with Crippen molar-refractivity contribution in [1.82, 2.24) is 0 Å². The van der Waals surface area contributed by atoms with Crippen LogP contribution in [0, 0.1) is 11.6 Å². The van der Waals surface area contributed by atoms with Gasteiger partial charge in [-0.1, -0.05) is 23.2 Å².